The predicted octanol–water partition coefficient (Wildman–Crippen LogP) is 2.85. The minimum atomic E-state index is 0.150. The third-order valence-electron chi connectivity index (χ3n) is 3.89. The van der Waals surface area contributed by atoms with Crippen LogP contribution in [-0.4, -0.2) is 29.4 Å². The highest BCUT2D eigenvalue weighted by atomic mass is 32.1. The summed E-state index contributed by atoms with van der Waals surface area (Å²) in [5.74, 6) is 0.150. The molecule has 19 heavy (non-hydrogen) atoms. The second kappa shape index (κ2) is 4.94. The molecule has 3 nitrogen and oxygen atoms in total. The molecular formula is C15H18N2OS. The van der Waals surface area contributed by atoms with Gasteiger partial charge in [0.1, 0.15) is 0 Å². The first kappa shape index (κ1) is 12.6. The summed E-state index contributed by atoms with van der Waals surface area (Å²) in [5.41, 5.74) is 6.80. The molecule has 3 rings (SSSR count). The van der Waals surface area contributed by atoms with Crippen molar-refractivity contribution in [2.24, 2.45) is 5.73 Å². The summed E-state index contributed by atoms with van der Waals surface area (Å²) in [6, 6.07) is 8.55. The van der Waals surface area contributed by atoms with E-state index in [0.29, 0.717) is 0 Å². The Kier molecular flexibility index (Phi) is 3.29. The van der Waals surface area contributed by atoms with Gasteiger partial charge in [-0.1, -0.05) is 18.2 Å². The molecule has 0 spiro atoms. The molecule has 100 valence electrons. The molecule has 1 aromatic heterocycles. The number of rotatable bonds is 1. The summed E-state index contributed by atoms with van der Waals surface area (Å²) >= 11 is 1.64. The van der Waals surface area contributed by atoms with Crippen molar-refractivity contribution in [3.8, 4) is 0 Å². The van der Waals surface area contributed by atoms with Crippen LogP contribution in [0.3, 0.4) is 0 Å². The maximum Gasteiger partial charge on any atom is 0.255 e. The Morgan fingerprint density at radius 2 is 2.21 bits per heavy atom. The third-order valence-corrected chi connectivity index (χ3v) is 4.85. The first-order valence-corrected chi connectivity index (χ1v) is 7.57. The van der Waals surface area contributed by atoms with Crippen molar-refractivity contribution >= 4 is 27.3 Å². The quantitative estimate of drug-likeness (QED) is 0.869. The number of nitrogens with zero attached hydrogens (tertiary/aromatic N) is 1. The van der Waals surface area contributed by atoms with E-state index in [-0.39, 0.29) is 18.0 Å². The predicted molar refractivity (Wildman–Crippen MR) is 79.5 cm³/mol. The van der Waals surface area contributed by atoms with E-state index in [0.717, 1.165) is 30.3 Å². The number of hydrogen-bond acceptors (Lipinski definition) is 3. The summed E-state index contributed by atoms with van der Waals surface area (Å²) < 4.78 is 1.17. The molecule has 1 saturated heterocycles. The van der Waals surface area contributed by atoms with E-state index in [2.05, 4.69) is 13.0 Å². The van der Waals surface area contributed by atoms with Gasteiger partial charge in [-0.05, 0) is 25.8 Å². The van der Waals surface area contributed by atoms with Crippen molar-refractivity contribution in [1.29, 1.82) is 0 Å². The number of carbonyl (C=O) groups excluding carboxylic acids is 1. The van der Waals surface area contributed by atoms with Crippen molar-refractivity contribution in [3.05, 3.63) is 35.2 Å². The second-order valence-electron chi connectivity index (χ2n) is 5.28. The van der Waals surface area contributed by atoms with Crippen LogP contribution in [0.4, 0.5) is 0 Å². The van der Waals surface area contributed by atoms with Crippen LogP contribution < -0.4 is 5.73 Å². The topological polar surface area (TPSA) is 46.3 Å². The van der Waals surface area contributed by atoms with Crippen molar-refractivity contribution < 1.29 is 4.79 Å². The lowest BCUT2D eigenvalue weighted by Crippen LogP contribution is -2.48. The van der Waals surface area contributed by atoms with Gasteiger partial charge in [-0.25, -0.2) is 0 Å². The fourth-order valence-electron chi connectivity index (χ4n) is 2.81. The molecule has 2 unspecified atom stereocenters. The minimum Gasteiger partial charge on any atom is -0.336 e. The standard InChI is InChI=1S/C15H18N2OS/c1-10-8-11(16)6-7-17(10)15(18)13-9-19-14-5-3-2-4-12(13)14/h2-5,9-11H,6-8,16H2,1H3. The molecule has 1 aromatic carbocycles. The second-order valence-corrected chi connectivity index (χ2v) is 6.19. The molecule has 0 saturated carbocycles. The molecule has 0 aliphatic carbocycles. The van der Waals surface area contributed by atoms with E-state index in [1.54, 1.807) is 11.3 Å². The molecule has 0 bridgehead atoms. The SMILES string of the molecule is CC1CC(N)CCN1C(=O)c1csc2ccccc12. The number of hydrogen-bond donors (Lipinski definition) is 1. The Balaban J connectivity index is 1.91. The minimum absolute atomic E-state index is 0.150. The fraction of sp³-hybridized carbons (Fsp3) is 0.400. The Morgan fingerprint density at radius 1 is 1.42 bits per heavy atom. The number of likely N-dealkylation sites (tertiary alicyclic amines) is 1. The van der Waals surface area contributed by atoms with Gasteiger partial charge < -0.3 is 10.6 Å². The molecule has 1 aliphatic rings. The van der Waals surface area contributed by atoms with Crippen molar-refractivity contribution in [1.82, 2.24) is 4.90 Å². The zero-order chi connectivity index (χ0) is 13.4. The number of nitrogens with two attached hydrogens (primary N) is 1. The van der Waals surface area contributed by atoms with Crippen LogP contribution in [0.15, 0.2) is 29.6 Å². The third kappa shape index (κ3) is 2.26. The van der Waals surface area contributed by atoms with Crippen molar-refractivity contribution in [2.45, 2.75) is 31.8 Å². The molecular weight excluding hydrogens is 256 g/mol. The van der Waals surface area contributed by atoms with Crippen molar-refractivity contribution in [3.63, 3.8) is 0 Å². The Hall–Kier alpha value is -1.39. The van der Waals surface area contributed by atoms with E-state index < -0.39 is 0 Å². The van der Waals surface area contributed by atoms with Gasteiger partial charge in [0.05, 0.1) is 5.56 Å². The van der Waals surface area contributed by atoms with E-state index >= 15 is 0 Å². The van der Waals surface area contributed by atoms with Crippen LogP contribution >= 0.6 is 11.3 Å². The fourth-order valence-corrected chi connectivity index (χ4v) is 3.74. The lowest BCUT2D eigenvalue weighted by atomic mass is 9.98. The van der Waals surface area contributed by atoms with Gasteiger partial charge >= 0.3 is 0 Å². The summed E-state index contributed by atoms with van der Waals surface area (Å²) in [6.45, 7) is 2.86. The van der Waals surface area contributed by atoms with Crippen LogP contribution in [0.2, 0.25) is 0 Å². The summed E-state index contributed by atoms with van der Waals surface area (Å²) in [7, 11) is 0. The lowest BCUT2D eigenvalue weighted by molar-refractivity contribution is 0.0621. The van der Waals surface area contributed by atoms with Crippen LogP contribution in [0.1, 0.15) is 30.1 Å². The van der Waals surface area contributed by atoms with Gasteiger partial charge in [0.2, 0.25) is 0 Å². The van der Waals surface area contributed by atoms with Gasteiger partial charge in [0, 0.05) is 34.1 Å². The van der Waals surface area contributed by atoms with Crippen LogP contribution in [0.5, 0.6) is 0 Å². The van der Waals surface area contributed by atoms with Gasteiger partial charge in [0.25, 0.3) is 5.91 Å². The van der Waals surface area contributed by atoms with Gasteiger partial charge in [-0.15, -0.1) is 11.3 Å². The van der Waals surface area contributed by atoms with Crippen LogP contribution in [-0.2, 0) is 0 Å². The highest BCUT2D eigenvalue weighted by Gasteiger charge is 2.28. The summed E-state index contributed by atoms with van der Waals surface area (Å²) in [6.07, 6.45) is 1.80. The van der Waals surface area contributed by atoms with Crippen LogP contribution in [0.25, 0.3) is 10.1 Å². The number of carbonyl (C=O) groups is 1. The molecule has 2 heterocycles. The van der Waals surface area contributed by atoms with E-state index in [4.69, 9.17) is 5.73 Å². The Labute approximate surface area is 117 Å². The summed E-state index contributed by atoms with van der Waals surface area (Å²) in [5, 5.41) is 3.05. The van der Waals surface area contributed by atoms with E-state index in [1.165, 1.54) is 4.70 Å². The average Bonchev–Trinajstić information content (AvgIpc) is 2.82. The maximum atomic E-state index is 12.7. The lowest BCUT2D eigenvalue weighted by Gasteiger charge is -2.36. The molecule has 4 heteroatoms. The number of piperidine rings is 1. The number of thiophene rings is 1. The Bertz CT molecular complexity index is 607. The zero-order valence-corrected chi connectivity index (χ0v) is 11.8. The largest absolute Gasteiger partial charge is 0.336 e. The zero-order valence-electron chi connectivity index (χ0n) is 11.0. The first-order chi connectivity index (χ1) is 9.16. The number of fused-ring (bicyclic) bond motifs is 1. The van der Waals surface area contributed by atoms with Crippen molar-refractivity contribution in [2.75, 3.05) is 6.54 Å². The molecule has 2 aromatic rings. The van der Waals surface area contributed by atoms with Crippen LogP contribution in [0, 0.1) is 0 Å². The highest BCUT2D eigenvalue weighted by Crippen LogP contribution is 2.28. The highest BCUT2D eigenvalue weighted by molar-refractivity contribution is 7.17. The van der Waals surface area contributed by atoms with E-state index in [1.807, 2.05) is 28.5 Å². The first-order valence-electron chi connectivity index (χ1n) is 6.69. The van der Waals surface area contributed by atoms with E-state index in [9.17, 15) is 4.79 Å². The molecule has 1 aliphatic heterocycles. The average molecular weight is 274 g/mol. The molecule has 1 fully saturated rings. The molecule has 1 amide bonds. The molecule has 2 N–H and O–H groups in total. The Morgan fingerprint density at radius 3 is 3.00 bits per heavy atom. The number of amides is 1. The summed E-state index contributed by atoms with van der Waals surface area (Å²) in [4.78, 5) is 14.7. The molecule has 0 radical (unpaired) electrons. The normalized spacial score (nSPS) is 23.8. The van der Waals surface area contributed by atoms with Gasteiger partial charge in [-0.3, -0.25) is 4.79 Å². The van der Waals surface area contributed by atoms with Gasteiger partial charge in [0.15, 0.2) is 0 Å². The number of benzene rings is 1. The molecule has 2 atom stereocenters. The maximum absolute atomic E-state index is 12.7. The monoisotopic (exact) mass is 274 g/mol. The smallest absolute Gasteiger partial charge is 0.255 e. The van der Waals surface area contributed by atoms with Gasteiger partial charge in [-0.2, -0.15) is 0 Å².